The molecule has 1 saturated carbocycles. The number of allylic oxidation sites excluding steroid dienone is 2. The molecule has 2 aliphatic carbocycles. The third-order valence-electron chi connectivity index (χ3n) is 4.19. The number of carbonyl (C=O) groups excluding carboxylic acids is 3. The fourth-order valence-electron chi connectivity index (χ4n) is 2.84. The van der Waals surface area contributed by atoms with E-state index < -0.39 is 18.0 Å². The summed E-state index contributed by atoms with van der Waals surface area (Å²) >= 11 is 0. The van der Waals surface area contributed by atoms with Crippen molar-refractivity contribution in [2.45, 2.75) is 64.0 Å². The van der Waals surface area contributed by atoms with Crippen molar-refractivity contribution in [3.63, 3.8) is 0 Å². The van der Waals surface area contributed by atoms with Crippen LogP contribution in [0.25, 0.3) is 0 Å². The second kappa shape index (κ2) is 7.96. The van der Waals surface area contributed by atoms with Crippen molar-refractivity contribution in [1.82, 2.24) is 10.6 Å². The lowest BCUT2D eigenvalue weighted by Gasteiger charge is -2.20. The Bertz CT molecular complexity index is 455. The number of rotatable bonds is 4. The van der Waals surface area contributed by atoms with Gasteiger partial charge in [0.2, 0.25) is 0 Å². The number of nitrogens with one attached hydrogen (secondary N) is 2. The van der Waals surface area contributed by atoms with Crippen molar-refractivity contribution >= 4 is 17.9 Å². The predicted molar refractivity (Wildman–Crippen MR) is 81.0 cm³/mol. The second-order valence-corrected chi connectivity index (χ2v) is 6.00. The van der Waals surface area contributed by atoms with Crippen LogP contribution < -0.4 is 10.6 Å². The summed E-state index contributed by atoms with van der Waals surface area (Å²) in [4.78, 5) is 35.5. The van der Waals surface area contributed by atoms with Gasteiger partial charge < -0.3 is 10.1 Å². The smallest absolute Gasteiger partial charge is 0.321 e. The summed E-state index contributed by atoms with van der Waals surface area (Å²) < 4.78 is 5.16. The highest BCUT2D eigenvalue weighted by Gasteiger charge is 2.26. The summed E-state index contributed by atoms with van der Waals surface area (Å²) in [5.41, 5.74) is 0. The molecule has 0 aromatic carbocycles. The molecule has 0 saturated heterocycles. The molecule has 0 spiro atoms. The van der Waals surface area contributed by atoms with Crippen LogP contribution in [0.4, 0.5) is 4.79 Å². The first kappa shape index (κ1) is 16.5. The number of carbonyl (C=O) groups is 3. The van der Waals surface area contributed by atoms with Crippen LogP contribution in [0.2, 0.25) is 0 Å². The molecule has 2 aliphatic rings. The lowest BCUT2D eigenvalue weighted by molar-refractivity contribution is -0.158. The zero-order valence-electron chi connectivity index (χ0n) is 13.0. The Morgan fingerprint density at radius 2 is 1.86 bits per heavy atom. The molecule has 122 valence electrons. The van der Waals surface area contributed by atoms with Crippen LogP contribution in [0.15, 0.2) is 12.2 Å². The highest BCUT2D eigenvalue weighted by atomic mass is 16.5. The monoisotopic (exact) mass is 308 g/mol. The highest BCUT2D eigenvalue weighted by Crippen LogP contribution is 2.20. The first-order valence-corrected chi connectivity index (χ1v) is 8.03. The van der Waals surface area contributed by atoms with Gasteiger partial charge in [0.15, 0.2) is 6.10 Å². The number of ether oxygens (including phenoxy) is 1. The van der Waals surface area contributed by atoms with Crippen LogP contribution in [-0.2, 0) is 14.3 Å². The number of esters is 1. The van der Waals surface area contributed by atoms with Crippen LogP contribution in [0.3, 0.4) is 0 Å². The summed E-state index contributed by atoms with van der Waals surface area (Å²) in [5.74, 6) is -1.15. The van der Waals surface area contributed by atoms with Gasteiger partial charge in [0.05, 0.1) is 5.92 Å². The van der Waals surface area contributed by atoms with Crippen LogP contribution in [-0.4, -0.2) is 30.1 Å². The molecule has 6 heteroatoms. The lowest BCUT2D eigenvalue weighted by atomic mass is 9.95. The lowest BCUT2D eigenvalue weighted by Crippen LogP contribution is -2.47. The van der Waals surface area contributed by atoms with Crippen molar-refractivity contribution < 1.29 is 19.1 Å². The van der Waals surface area contributed by atoms with Crippen LogP contribution in [0, 0.1) is 5.92 Å². The third kappa shape index (κ3) is 4.86. The Hall–Kier alpha value is -1.85. The van der Waals surface area contributed by atoms with E-state index >= 15 is 0 Å². The van der Waals surface area contributed by atoms with Crippen molar-refractivity contribution in [2.24, 2.45) is 5.92 Å². The maximum atomic E-state index is 11.9. The standard InChI is InChI=1S/C16H24N2O4/c1-11(22-15(20)12-7-3-2-4-8-12)14(19)18-16(21)17-13-9-5-6-10-13/h2-3,11-13H,4-10H2,1H3,(H2,17,18,19,21)/t11-,12+/m0/s1. The molecule has 22 heavy (non-hydrogen) atoms. The summed E-state index contributed by atoms with van der Waals surface area (Å²) in [5, 5.41) is 5.00. The minimum Gasteiger partial charge on any atom is -0.452 e. The van der Waals surface area contributed by atoms with Crippen LogP contribution >= 0.6 is 0 Å². The Balaban J connectivity index is 1.72. The average molecular weight is 308 g/mol. The molecule has 2 N–H and O–H groups in total. The molecule has 0 unspecified atom stereocenters. The fourth-order valence-corrected chi connectivity index (χ4v) is 2.84. The highest BCUT2D eigenvalue weighted by molar-refractivity contribution is 5.97. The SMILES string of the molecule is C[C@H](OC(=O)[C@@H]1CC=CCC1)C(=O)NC(=O)NC1CCCC1. The largest absolute Gasteiger partial charge is 0.452 e. The Kier molecular flexibility index (Phi) is 5.98. The second-order valence-electron chi connectivity index (χ2n) is 6.00. The molecule has 0 bridgehead atoms. The Morgan fingerprint density at radius 1 is 1.14 bits per heavy atom. The Morgan fingerprint density at radius 3 is 2.50 bits per heavy atom. The quantitative estimate of drug-likeness (QED) is 0.615. The number of hydrogen-bond acceptors (Lipinski definition) is 4. The maximum Gasteiger partial charge on any atom is 0.321 e. The topological polar surface area (TPSA) is 84.5 Å². The molecule has 0 radical (unpaired) electrons. The molecule has 0 heterocycles. The third-order valence-corrected chi connectivity index (χ3v) is 4.19. The normalized spacial score (nSPS) is 22.9. The maximum absolute atomic E-state index is 11.9. The molecule has 0 aromatic heterocycles. The zero-order valence-corrected chi connectivity index (χ0v) is 13.0. The van der Waals surface area contributed by atoms with Gasteiger partial charge in [-0.05, 0) is 39.0 Å². The molecular weight excluding hydrogens is 284 g/mol. The number of hydrogen-bond donors (Lipinski definition) is 2. The molecule has 1 fully saturated rings. The van der Waals surface area contributed by atoms with E-state index in [1.165, 1.54) is 6.92 Å². The summed E-state index contributed by atoms with van der Waals surface area (Å²) in [6.07, 6.45) is 9.36. The van der Waals surface area contributed by atoms with Crippen LogP contribution in [0.1, 0.15) is 51.9 Å². The predicted octanol–water partition coefficient (Wildman–Crippen LogP) is 2.04. The minimum atomic E-state index is -0.965. The van der Waals surface area contributed by atoms with Crippen molar-refractivity contribution in [1.29, 1.82) is 0 Å². The van der Waals surface area contributed by atoms with Gasteiger partial charge in [-0.1, -0.05) is 25.0 Å². The molecule has 0 aliphatic heterocycles. The van der Waals surface area contributed by atoms with Crippen molar-refractivity contribution in [3.05, 3.63) is 12.2 Å². The van der Waals surface area contributed by atoms with E-state index in [9.17, 15) is 14.4 Å². The zero-order chi connectivity index (χ0) is 15.9. The summed E-state index contributed by atoms with van der Waals surface area (Å²) in [7, 11) is 0. The van der Waals surface area contributed by atoms with E-state index in [-0.39, 0.29) is 17.9 Å². The van der Waals surface area contributed by atoms with Gasteiger partial charge in [0.25, 0.3) is 5.91 Å². The fraction of sp³-hybridized carbons (Fsp3) is 0.688. The number of imide groups is 1. The van der Waals surface area contributed by atoms with Gasteiger partial charge in [-0.25, -0.2) is 4.79 Å². The van der Waals surface area contributed by atoms with Gasteiger partial charge in [0.1, 0.15) is 0 Å². The van der Waals surface area contributed by atoms with Crippen molar-refractivity contribution in [2.75, 3.05) is 0 Å². The van der Waals surface area contributed by atoms with E-state index in [0.717, 1.165) is 38.5 Å². The Labute approximate surface area is 130 Å². The first-order chi connectivity index (χ1) is 10.6. The first-order valence-electron chi connectivity index (χ1n) is 8.03. The molecule has 2 atom stereocenters. The average Bonchev–Trinajstić information content (AvgIpc) is 3.00. The van der Waals surface area contributed by atoms with Gasteiger partial charge in [-0.15, -0.1) is 0 Å². The van der Waals surface area contributed by atoms with Gasteiger partial charge in [-0.2, -0.15) is 0 Å². The van der Waals surface area contributed by atoms with E-state index in [2.05, 4.69) is 10.6 Å². The number of amides is 3. The summed E-state index contributed by atoms with van der Waals surface area (Å²) in [6.45, 7) is 1.48. The molecule has 6 nitrogen and oxygen atoms in total. The molecule has 3 amide bonds. The molecule has 2 rings (SSSR count). The van der Waals surface area contributed by atoms with E-state index in [0.29, 0.717) is 6.42 Å². The van der Waals surface area contributed by atoms with Gasteiger partial charge in [-0.3, -0.25) is 14.9 Å². The minimum absolute atomic E-state index is 0.139. The van der Waals surface area contributed by atoms with Crippen LogP contribution in [0.5, 0.6) is 0 Å². The molecular formula is C16H24N2O4. The van der Waals surface area contributed by atoms with E-state index in [1.54, 1.807) is 0 Å². The van der Waals surface area contributed by atoms with E-state index in [1.807, 2.05) is 12.2 Å². The summed E-state index contributed by atoms with van der Waals surface area (Å²) in [6, 6.07) is -0.375. The van der Waals surface area contributed by atoms with Gasteiger partial charge >= 0.3 is 12.0 Å². The van der Waals surface area contributed by atoms with Gasteiger partial charge in [0, 0.05) is 6.04 Å². The molecule has 0 aromatic rings. The van der Waals surface area contributed by atoms with E-state index in [4.69, 9.17) is 4.74 Å². The van der Waals surface area contributed by atoms with Crippen molar-refractivity contribution in [3.8, 4) is 0 Å². The number of urea groups is 1.